The Kier molecular flexibility index (Phi) is 2.08. The van der Waals surface area contributed by atoms with E-state index < -0.39 is 0 Å². The van der Waals surface area contributed by atoms with Crippen LogP contribution in [0.15, 0.2) is 4.42 Å². The first-order chi connectivity index (χ1) is 5.84. The largest absolute Gasteiger partial charge is 0.424 e. The molecule has 0 radical (unpaired) electrons. The third kappa shape index (κ3) is 2.04. The average Bonchev–Trinajstić information content (AvgIpc) is 2.76. The highest BCUT2D eigenvalue weighted by atomic mass is 16.4. The molecule has 4 heteroatoms. The monoisotopic (exact) mass is 167 g/mol. The lowest BCUT2D eigenvalue weighted by Crippen LogP contribution is -2.16. The van der Waals surface area contributed by atoms with Crippen molar-refractivity contribution in [1.82, 2.24) is 15.5 Å². The van der Waals surface area contributed by atoms with Gasteiger partial charge in [-0.3, -0.25) is 0 Å². The van der Waals surface area contributed by atoms with Crippen molar-refractivity contribution in [2.75, 3.05) is 6.54 Å². The van der Waals surface area contributed by atoms with Gasteiger partial charge >= 0.3 is 0 Å². The lowest BCUT2D eigenvalue weighted by molar-refractivity contribution is 0.444. The molecule has 1 aromatic rings. The molecule has 2 rings (SSSR count). The van der Waals surface area contributed by atoms with Gasteiger partial charge in [0.05, 0.1) is 6.54 Å². The molecule has 0 unspecified atom stereocenters. The van der Waals surface area contributed by atoms with Gasteiger partial charge in [0.1, 0.15) is 0 Å². The van der Waals surface area contributed by atoms with Gasteiger partial charge in [0.15, 0.2) is 0 Å². The SMILES string of the molecule is Cc1nnc(CNCC2CC2)o1. The van der Waals surface area contributed by atoms with E-state index in [-0.39, 0.29) is 0 Å². The van der Waals surface area contributed by atoms with Crippen LogP contribution in [0.4, 0.5) is 0 Å². The summed E-state index contributed by atoms with van der Waals surface area (Å²) in [6, 6.07) is 0. The maximum atomic E-state index is 5.20. The molecule has 1 aliphatic carbocycles. The second-order valence-corrected chi connectivity index (χ2v) is 3.29. The molecule has 1 N–H and O–H groups in total. The molecule has 4 nitrogen and oxygen atoms in total. The number of aromatic nitrogens is 2. The van der Waals surface area contributed by atoms with Crippen molar-refractivity contribution in [2.45, 2.75) is 26.3 Å². The van der Waals surface area contributed by atoms with E-state index in [1.165, 1.54) is 12.8 Å². The van der Waals surface area contributed by atoms with Crippen molar-refractivity contribution in [1.29, 1.82) is 0 Å². The molecular weight excluding hydrogens is 154 g/mol. The average molecular weight is 167 g/mol. The fourth-order valence-electron chi connectivity index (χ4n) is 1.11. The molecule has 0 amide bonds. The van der Waals surface area contributed by atoms with Gasteiger partial charge in [0.2, 0.25) is 11.8 Å². The minimum Gasteiger partial charge on any atom is -0.424 e. The molecule has 1 fully saturated rings. The number of aryl methyl sites for hydroxylation is 1. The van der Waals surface area contributed by atoms with Gasteiger partial charge in [-0.1, -0.05) is 0 Å². The normalized spacial score (nSPS) is 16.8. The lowest BCUT2D eigenvalue weighted by Gasteiger charge is -1.97. The van der Waals surface area contributed by atoms with Gasteiger partial charge < -0.3 is 9.73 Å². The van der Waals surface area contributed by atoms with Crippen LogP contribution in [0.25, 0.3) is 0 Å². The van der Waals surface area contributed by atoms with Crippen LogP contribution in [0, 0.1) is 12.8 Å². The van der Waals surface area contributed by atoms with E-state index in [9.17, 15) is 0 Å². The predicted octanol–water partition coefficient (Wildman–Crippen LogP) is 0.878. The first-order valence-corrected chi connectivity index (χ1v) is 4.34. The summed E-state index contributed by atoms with van der Waals surface area (Å²) in [7, 11) is 0. The summed E-state index contributed by atoms with van der Waals surface area (Å²) >= 11 is 0. The van der Waals surface area contributed by atoms with Gasteiger partial charge in [-0.15, -0.1) is 10.2 Å². The number of hydrogen-bond donors (Lipinski definition) is 1. The Bertz CT molecular complexity index is 255. The number of nitrogens with one attached hydrogen (secondary N) is 1. The van der Waals surface area contributed by atoms with Crippen LogP contribution in [0.1, 0.15) is 24.6 Å². The molecule has 66 valence electrons. The summed E-state index contributed by atoms with van der Waals surface area (Å²) in [6.07, 6.45) is 2.74. The van der Waals surface area contributed by atoms with E-state index in [1.54, 1.807) is 6.92 Å². The zero-order valence-corrected chi connectivity index (χ0v) is 7.21. The molecule has 0 aromatic carbocycles. The molecule has 0 atom stereocenters. The van der Waals surface area contributed by atoms with E-state index in [1.807, 2.05) is 0 Å². The molecular formula is C8H13N3O. The fourth-order valence-corrected chi connectivity index (χ4v) is 1.11. The molecule has 0 saturated heterocycles. The molecule has 0 spiro atoms. The van der Waals surface area contributed by atoms with Crippen LogP contribution in [0.2, 0.25) is 0 Å². The van der Waals surface area contributed by atoms with Crippen LogP contribution in [0.5, 0.6) is 0 Å². The Balaban J connectivity index is 1.71. The second kappa shape index (κ2) is 3.23. The molecule has 0 aliphatic heterocycles. The standard InChI is InChI=1S/C8H13N3O/c1-6-10-11-8(12-6)5-9-4-7-2-3-7/h7,9H,2-5H2,1H3. The highest BCUT2D eigenvalue weighted by molar-refractivity contribution is 4.80. The van der Waals surface area contributed by atoms with Gasteiger partial charge in [-0.25, -0.2) is 0 Å². The molecule has 1 saturated carbocycles. The van der Waals surface area contributed by atoms with Gasteiger partial charge in [-0.05, 0) is 25.3 Å². The zero-order chi connectivity index (χ0) is 8.39. The van der Waals surface area contributed by atoms with Crippen molar-refractivity contribution in [2.24, 2.45) is 5.92 Å². The number of rotatable bonds is 4. The Hall–Kier alpha value is -0.900. The third-order valence-corrected chi connectivity index (χ3v) is 1.97. The highest BCUT2D eigenvalue weighted by Crippen LogP contribution is 2.27. The second-order valence-electron chi connectivity index (χ2n) is 3.29. The minimum absolute atomic E-state index is 0.637. The number of nitrogens with zero attached hydrogens (tertiary/aromatic N) is 2. The van der Waals surface area contributed by atoms with Crippen molar-refractivity contribution < 1.29 is 4.42 Å². The van der Waals surface area contributed by atoms with Crippen LogP contribution >= 0.6 is 0 Å². The molecule has 12 heavy (non-hydrogen) atoms. The van der Waals surface area contributed by atoms with Crippen molar-refractivity contribution in [3.8, 4) is 0 Å². The van der Waals surface area contributed by atoms with E-state index >= 15 is 0 Å². The molecule has 1 aliphatic rings. The maximum Gasteiger partial charge on any atom is 0.230 e. The summed E-state index contributed by atoms with van der Waals surface area (Å²) in [4.78, 5) is 0. The zero-order valence-electron chi connectivity index (χ0n) is 7.21. The van der Waals surface area contributed by atoms with E-state index in [2.05, 4.69) is 15.5 Å². The van der Waals surface area contributed by atoms with E-state index in [4.69, 9.17) is 4.42 Å². The molecule has 1 aromatic heterocycles. The van der Waals surface area contributed by atoms with Crippen molar-refractivity contribution in [3.63, 3.8) is 0 Å². The summed E-state index contributed by atoms with van der Waals surface area (Å²) < 4.78 is 5.20. The lowest BCUT2D eigenvalue weighted by atomic mass is 10.4. The highest BCUT2D eigenvalue weighted by Gasteiger charge is 2.20. The van der Waals surface area contributed by atoms with Crippen molar-refractivity contribution in [3.05, 3.63) is 11.8 Å². The van der Waals surface area contributed by atoms with Crippen molar-refractivity contribution >= 4 is 0 Å². The van der Waals surface area contributed by atoms with E-state index in [0.29, 0.717) is 18.3 Å². The van der Waals surface area contributed by atoms with Crippen LogP contribution in [-0.2, 0) is 6.54 Å². The summed E-state index contributed by atoms with van der Waals surface area (Å²) in [5.74, 6) is 2.22. The topological polar surface area (TPSA) is 51.0 Å². The molecule has 0 bridgehead atoms. The summed E-state index contributed by atoms with van der Waals surface area (Å²) in [6.45, 7) is 3.59. The Labute approximate surface area is 71.4 Å². The predicted molar refractivity (Wildman–Crippen MR) is 43.5 cm³/mol. The van der Waals surface area contributed by atoms with E-state index in [0.717, 1.165) is 12.5 Å². The maximum absolute atomic E-state index is 5.20. The smallest absolute Gasteiger partial charge is 0.230 e. The molecule has 1 heterocycles. The fraction of sp³-hybridized carbons (Fsp3) is 0.750. The Morgan fingerprint density at radius 3 is 2.92 bits per heavy atom. The number of hydrogen-bond acceptors (Lipinski definition) is 4. The van der Waals surface area contributed by atoms with Gasteiger partial charge in [0, 0.05) is 6.92 Å². The van der Waals surface area contributed by atoms with Crippen LogP contribution in [0.3, 0.4) is 0 Å². The van der Waals surface area contributed by atoms with Crippen LogP contribution < -0.4 is 5.32 Å². The van der Waals surface area contributed by atoms with Gasteiger partial charge in [0.25, 0.3) is 0 Å². The first-order valence-electron chi connectivity index (χ1n) is 4.34. The quantitative estimate of drug-likeness (QED) is 0.723. The third-order valence-electron chi connectivity index (χ3n) is 1.97. The van der Waals surface area contributed by atoms with Crippen LogP contribution in [-0.4, -0.2) is 16.7 Å². The summed E-state index contributed by atoms with van der Waals surface area (Å²) in [5, 5.41) is 10.9. The van der Waals surface area contributed by atoms with Gasteiger partial charge in [-0.2, -0.15) is 0 Å². The Morgan fingerprint density at radius 2 is 2.33 bits per heavy atom. The first kappa shape index (κ1) is 7.73. The Morgan fingerprint density at radius 1 is 1.50 bits per heavy atom. The summed E-state index contributed by atoms with van der Waals surface area (Å²) in [5.41, 5.74) is 0. The minimum atomic E-state index is 0.637.